The minimum absolute atomic E-state index is 0.00758. The van der Waals surface area contributed by atoms with Crippen molar-refractivity contribution in [3.63, 3.8) is 0 Å². The Balaban J connectivity index is 1.91. The summed E-state index contributed by atoms with van der Waals surface area (Å²) in [5, 5.41) is 3.35. The maximum atomic E-state index is 12.8. The van der Waals surface area contributed by atoms with Crippen LogP contribution in [0.2, 0.25) is 0 Å². The summed E-state index contributed by atoms with van der Waals surface area (Å²) in [4.78, 5) is 13.9. The maximum Gasteiger partial charge on any atom is 0.416 e. The van der Waals surface area contributed by atoms with Crippen LogP contribution in [0.1, 0.15) is 38.3 Å². The standard InChI is InChI=1S/C18H25F3N2O/c1-12(2)17(24)23-8-7-16(13(3)11-23)22-10-14-5-4-6-15(9-14)18(19,20)21/h4-6,9,12-13,16,22H,7-8,10-11H2,1-3H3. The van der Waals surface area contributed by atoms with Crippen molar-refractivity contribution in [1.29, 1.82) is 0 Å². The third kappa shape index (κ3) is 4.72. The van der Waals surface area contributed by atoms with Gasteiger partial charge in [0.15, 0.2) is 0 Å². The lowest BCUT2D eigenvalue weighted by Gasteiger charge is -2.38. The van der Waals surface area contributed by atoms with Gasteiger partial charge in [-0.3, -0.25) is 4.79 Å². The third-order valence-electron chi connectivity index (χ3n) is 4.53. The number of carbonyl (C=O) groups excluding carboxylic acids is 1. The van der Waals surface area contributed by atoms with Crippen LogP contribution in [0.3, 0.4) is 0 Å². The molecule has 0 saturated carbocycles. The molecule has 1 N–H and O–H groups in total. The fraction of sp³-hybridized carbons (Fsp3) is 0.611. The van der Waals surface area contributed by atoms with Crippen LogP contribution in [0, 0.1) is 11.8 Å². The van der Waals surface area contributed by atoms with Gasteiger partial charge in [-0.1, -0.05) is 39.0 Å². The van der Waals surface area contributed by atoms with Crippen molar-refractivity contribution in [2.45, 2.75) is 46.0 Å². The zero-order chi connectivity index (χ0) is 17.9. The van der Waals surface area contributed by atoms with E-state index in [9.17, 15) is 18.0 Å². The van der Waals surface area contributed by atoms with Gasteiger partial charge in [-0.25, -0.2) is 0 Å². The molecule has 2 unspecified atom stereocenters. The van der Waals surface area contributed by atoms with E-state index in [1.165, 1.54) is 12.1 Å². The van der Waals surface area contributed by atoms with E-state index in [-0.39, 0.29) is 23.8 Å². The molecule has 134 valence electrons. The van der Waals surface area contributed by atoms with Crippen molar-refractivity contribution < 1.29 is 18.0 Å². The molecule has 1 heterocycles. The molecule has 1 fully saturated rings. The van der Waals surface area contributed by atoms with Gasteiger partial charge in [0.25, 0.3) is 0 Å². The molecule has 2 atom stereocenters. The Hall–Kier alpha value is -1.56. The van der Waals surface area contributed by atoms with Crippen LogP contribution >= 0.6 is 0 Å². The molecule has 6 heteroatoms. The van der Waals surface area contributed by atoms with Gasteiger partial charge in [0, 0.05) is 31.6 Å². The first-order valence-corrected chi connectivity index (χ1v) is 8.36. The molecule has 0 aliphatic carbocycles. The number of piperidine rings is 1. The molecule has 1 aromatic rings. The molecule has 3 nitrogen and oxygen atoms in total. The van der Waals surface area contributed by atoms with Crippen molar-refractivity contribution in [3.8, 4) is 0 Å². The van der Waals surface area contributed by atoms with Crippen LogP contribution in [0.5, 0.6) is 0 Å². The summed E-state index contributed by atoms with van der Waals surface area (Å²) in [7, 11) is 0. The highest BCUT2D eigenvalue weighted by Crippen LogP contribution is 2.29. The predicted octanol–water partition coefficient (Wildman–Crippen LogP) is 3.69. The number of benzene rings is 1. The molecule has 1 amide bonds. The van der Waals surface area contributed by atoms with Crippen LogP contribution < -0.4 is 5.32 Å². The van der Waals surface area contributed by atoms with E-state index in [1.807, 2.05) is 18.7 Å². The maximum absolute atomic E-state index is 12.8. The number of hydrogen-bond acceptors (Lipinski definition) is 2. The number of carbonyl (C=O) groups is 1. The normalized spacial score (nSPS) is 22.0. The quantitative estimate of drug-likeness (QED) is 0.905. The third-order valence-corrected chi connectivity index (χ3v) is 4.53. The van der Waals surface area contributed by atoms with E-state index in [0.717, 1.165) is 12.5 Å². The summed E-state index contributed by atoms with van der Waals surface area (Å²) in [5.74, 6) is 0.428. The first-order valence-electron chi connectivity index (χ1n) is 8.36. The monoisotopic (exact) mass is 342 g/mol. The van der Waals surface area contributed by atoms with Gasteiger partial charge in [0.1, 0.15) is 0 Å². The van der Waals surface area contributed by atoms with Crippen LogP contribution in [0.4, 0.5) is 13.2 Å². The van der Waals surface area contributed by atoms with Gasteiger partial charge in [-0.15, -0.1) is 0 Å². The van der Waals surface area contributed by atoms with Gasteiger partial charge in [0.05, 0.1) is 5.56 Å². The Morgan fingerprint density at radius 1 is 1.38 bits per heavy atom. The van der Waals surface area contributed by atoms with E-state index in [0.29, 0.717) is 25.2 Å². The number of nitrogens with zero attached hydrogens (tertiary/aromatic N) is 1. The highest BCUT2D eigenvalue weighted by molar-refractivity contribution is 5.78. The van der Waals surface area contributed by atoms with E-state index >= 15 is 0 Å². The minimum atomic E-state index is -4.31. The van der Waals surface area contributed by atoms with E-state index in [1.54, 1.807) is 6.07 Å². The Bertz CT molecular complexity index is 572. The lowest BCUT2D eigenvalue weighted by Crippen LogP contribution is -2.50. The van der Waals surface area contributed by atoms with Gasteiger partial charge in [0.2, 0.25) is 5.91 Å². The van der Waals surface area contributed by atoms with Crippen LogP contribution in [-0.4, -0.2) is 29.9 Å². The number of halogens is 3. The lowest BCUT2D eigenvalue weighted by atomic mass is 9.92. The van der Waals surface area contributed by atoms with Gasteiger partial charge < -0.3 is 10.2 Å². The largest absolute Gasteiger partial charge is 0.416 e. The molecule has 0 radical (unpaired) electrons. The number of hydrogen-bond donors (Lipinski definition) is 1. The number of rotatable bonds is 4. The smallest absolute Gasteiger partial charge is 0.342 e. The van der Waals surface area contributed by atoms with Gasteiger partial charge in [-0.2, -0.15) is 13.2 Å². The van der Waals surface area contributed by atoms with E-state index in [4.69, 9.17) is 0 Å². The molecule has 1 aliphatic rings. The van der Waals surface area contributed by atoms with E-state index < -0.39 is 11.7 Å². The second kappa shape index (κ2) is 7.55. The zero-order valence-electron chi connectivity index (χ0n) is 14.4. The second-order valence-electron chi connectivity index (χ2n) is 6.89. The van der Waals surface area contributed by atoms with Crippen molar-refractivity contribution >= 4 is 5.91 Å². The van der Waals surface area contributed by atoms with Crippen LogP contribution in [0.15, 0.2) is 24.3 Å². The first-order chi connectivity index (χ1) is 11.2. The van der Waals surface area contributed by atoms with Gasteiger partial charge in [-0.05, 0) is 24.0 Å². The van der Waals surface area contributed by atoms with Crippen molar-refractivity contribution in [3.05, 3.63) is 35.4 Å². The van der Waals surface area contributed by atoms with Crippen molar-refractivity contribution in [2.24, 2.45) is 11.8 Å². The molecule has 0 bridgehead atoms. The molecular formula is C18H25F3N2O. The molecule has 2 rings (SSSR count). The number of nitrogens with one attached hydrogen (secondary N) is 1. The Labute approximate surface area is 141 Å². The average Bonchev–Trinajstić information content (AvgIpc) is 2.52. The number of likely N-dealkylation sites (tertiary alicyclic amines) is 1. The zero-order valence-corrected chi connectivity index (χ0v) is 14.4. The Kier molecular flexibility index (Phi) is 5.91. The summed E-state index contributed by atoms with van der Waals surface area (Å²) in [5.41, 5.74) is 0.00455. The molecule has 1 aliphatic heterocycles. The van der Waals surface area contributed by atoms with Crippen LogP contribution in [-0.2, 0) is 17.5 Å². The summed E-state index contributed by atoms with van der Waals surface area (Å²) < 4.78 is 38.3. The fourth-order valence-electron chi connectivity index (χ4n) is 3.12. The fourth-order valence-corrected chi connectivity index (χ4v) is 3.12. The first kappa shape index (κ1) is 18.8. The van der Waals surface area contributed by atoms with E-state index in [2.05, 4.69) is 12.2 Å². The number of alkyl halides is 3. The summed E-state index contributed by atoms with van der Waals surface area (Å²) in [6.45, 7) is 7.65. The molecular weight excluding hydrogens is 317 g/mol. The molecule has 0 spiro atoms. The molecule has 24 heavy (non-hydrogen) atoms. The van der Waals surface area contributed by atoms with Crippen molar-refractivity contribution in [1.82, 2.24) is 10.2 Å². The topological polar surface area (TPSA) is 32.3 Å². The minimum Gasteiger partial charge on any atom is -0.342 e. The highest BCUT2D eigenvalue weighted by atomic mass is 19.4. The summed E-state index contributed by atoms with van der Waals surface area (Å²) in [6, 6.07) is 5.62. The number of amides is 1. The average molecular weight is 342 g/mol. The second-order valence-corrected chi connectivity index (χ2v) is 6.89. The predicted molar refractivity (Wildman–Crippen MR) is 87.3 cm³/mol. The molecule has 1 saturated heterocycles. The summed E-state index contributed by atoms with van der Waals surface area (Å²) in [6.07, 6.45) is -3.50. The van der Waals surface area contributed by atoms with Crippen molar-refractivity contribution in [2.75, 3.05) is 13.1 Å². The van der Waals surface area contributed by atoms with Gasteiger partial charge >= 0.3 is 6.18 Å². The Morgan fingerprint density at radius 2 is 2.08 bits per heavy atom. The SMILES string of the molecule is CC(C)C(=O)N1CCC(NCc2cccc(C(F)(F)F)c2)C(C)C1. The molecule has 0 aromatic heterocycles. The van der Waals surface area contributed by atoms with Crippen LogP contribution in [0.25, 0.3) is 0 Å². The highest BCUT2D eigenvalue weighted by Gasteiger charge is 2.31. The molecule has 1 aromatic carbocycles. The Morgan fingerprint density at radius 3 is 2.67 bits per heavy atom. The summed E-state index contributed by atoms with van der Waals surface area (Å²) >= 11 is 0. The lowest BCUT2D eigenvalue weighted by molar-refractivity contribution is -0.138.